The Morgan fingerprint density at radius 2 is 1.74 bits per heavy atom. The van der Waals surface area contributed by atoms with E-state index in [0.29, 0.717) is 0 Å². The summed E-state index contributed by atoms with van der Waals surface area (Å²) >= 11 is 2.53. The van der Waals surface area contributed by atoms with E-state index in [-0.39, 0.29) is 0 Å². The summed E-state index contributed by atoms with van der Waals surface area (Å²) < 4.78 is 1.15. The largest absolute Gasteiger partial charge is 0.0683 e. The molecule has 0 aromatic carbocycles. The zero-order chi connectivity index (χ0) is 15.4. The zero-order valence-corrected chi connectivity index (χ0v) is 14.7. The normalized spacial score (nSPS) is 16.4. The maximum atomic E-state index is 4.07. The summed E-state index contributed by atoms with van der Waals surface area (Å²) in [6.45, 7) is 22.2. The molecule has 0 amide bonds. The first-order valence-corrected chi connectivity index (χ1v) is 7.64. The van der Waals surface area contributed by atoms with Gasteiger partial charge in [0.25, 0.3) is 0 Å². The third-order valence-electron chi connectivity index (χ3n) is 1.98. The minimum atomic E-state index is 0.840. The van der Waals surface area contributed by atoms with Gasteiger partial charge in [-0.15, -0.1) is 0 Å². The van der Waals surface area contributed by atoms with Crippen molar-refractivity contribution < 1.29 is 17.0 Å². The van der Waals surface area contributed by atoms with E-state index in [1.807, 2.05) is 20.8 Å². The molecule has 0 saturated carbocycles. The molecule has 1 N–H and O–H groups in total. The monoisotopic (exact) mass is 298 g/mol. The Balaban J connectivity index is 0. The molecule has 1 aliphatic heterocycles. The summed E-state index contributed by atoms with van der Waals surface area (Å²) in [6.07, 6.45) is 5.05. The average molecular weight is 298 g/mol. The van der Waals surface area contributed by atoms with Gasteiger partial charge in [0, 0.05) is 0 Å². The Bertz CT molecular complexity index is 361. The summed E-state index contributed by atoms with van der Waals surface area (Å²) in [6, 6.07) is 0. The number of nitrogens with one attached hydrogen (secondary N) is 1. The summed E-state index contributed by atoms with van der Waals surface area (Å²) in [5.41, 5.74) is 4.46. The van der Waals surface area contributed by atoms with Gasteiger partial charge < -0.3 is 0 Å². The van der Waals surface area contributed by atoms with E-state index in [9.17, 15) is 0 Å². The summed E-state index contributed by atoms with van der Waals surface area (Å²) in [5, 5.41) is 3.24. The summed E-state index contributed by atoms with van der Waals surface area (Å²) in [5.74, 6) is 0. The number of hydrogen-bond donors (Lipinski definition) is 1. The van der Waals surface area contributed by atoms with Crippen LogP contribution in [0.1, 0.15) is 53.9 Å². The number of rotatable bonds is 1. The van der Waals surface area contributed by atoms with E-state index in [1.165, 1.54) is 12.0 Å². The second kappa shape index (κ2) is 12.3. The minimum absolute atomic E-state index is 0.840. The maximum absolute atomic E-state index is 4.07. The number of allylic oxidation sites excluding steroid dienone is 3. The van der Waals surface area contributed by atoms with Gasteiger partial charge >= 0.3 is 94.6 Å². The van der Waals surface area contributed by atoms with Gasteiger partial charge in [-0.2, -0.15) is 0 Å². The molecule has 0 atom stereocenters. The van der Waals surface area contributed by atoms with E-state index in [2.05, 4.69) is 62.0 Å². The van der Waals surface area contributed by atoms with Crippen molar-refractivity contribution in [1.82, 2.24) is 5.32 Å². The molecule has 0 spiro atoms. The van der Waals surface area contributed by atoms with E-state index in [1.54, 1.807) is 0 Å². The van der Waals surface area contributed by atoms with Crippen molar-refractivity contribution in [3.63, 3.8) is 0 Å². The van der Waals surface area contributed by atoms with E-state index in [4.69, 9.17) is 0 Å². The minimum Gasteiger partial charge on any atom is -0.0683 e. The molecule has 1 aliphatic rings. The molecule has 0 radical (unpaired) electrons. The van der Waals surface area contributed by atoms with Crippen molar-refractivity contribution in [3.05, 3.63) is 48.2 Å². The van der Waals surface area contributed by atoms with Crippen LogP contribution in [0.3, 0.4) is 0 Å². The van der Waals surface area contributed by atoms with Gasteiger partial charge in [-0.25, -0.2) is 0 Å². The fraction of sp³-hybridized carbons (Fsp3) is 0.471. The Morgan fingerprint density at radius 1 is 1.26 bits per heavy atom. The van der Waals surface area contributed by atoms with E-state index < -0.39 is 0 Å². The topological polar surface area (TPSA) is 12.0 Å². The molecule has 19 heavy (non-hydrogen) atoms. The van der Waals surface area contributed by atoms with Crippen LogP contribution in [-0.2, 0) is 17.0 Å². The SMILES string of the molecule is C=C(C)/C=C1/CC(=C)N[C](=[V])CC1=C.CC.CCC. The first-order valence-electron chi connectivity index (χ1n) is 6.94. The Hall–Kier alpha value is -0.786. The smallest absolute Gasteiger partial charge is 0.0590 e. The van der Waals surface area contributed by atoms with Crippen LogP contribution in [0.2, 0.25) is 0 Å². The van der Waals surface area contributed by atoms with Crippen molar-refractivity contribution in [1.29, 1.82) is 0 Å². The first-order chi connectivity index (χ1) is 8.90. The van der Waals surface area contributed by atoms with Gasteiger partial charge in [-0.05, 0) is 0 Å². The summed E-state index contributed by atoms with van der Waals surface area (Å²) in [4.78, 5) is 0. The fourth-order valence-electron chi connectivity index (χ4n) is 1.41. The van der Waals surface area contributed by atoms with Crippen molar-refractivity contribution >= 4 is 4.35 Å². The van der Waals surface area contributed by atoms with Crippen molar-refractivity contribution in [2.75, 3.05) is 0 Å². The molecule has 1 heterocycles. The van der Waals surface area contributed by atoms with Crippen LogP contribution < -0.4 is 5.32 Å². The zero-order valence-electron chi connectivity index (χ0n) is 13.3. The van der Waals surface area contributed by atoms with Gasteiger partial charge in [0.15, 0.2) is 0 Å². The van der Waals surface area contributed by atoms with Crippen LogP contribution in [-0.4, -0.2) is 4.35 Å². The predicted octanol–water partition coefficient (Wildman–Crippen LogP) is 5.06. The van der Waals surface area contributed by atoms with Crippen molar-refractivity contribution in [2.45, 2.75) is 53.9 Å². The van der Waals surface area contributed by atoms with Gasteiger partial charge in [-0.3, -0.25) is 0 Å². The third-order valence-corrected chi connectivity index (χ3v) is 2.40. The molecule has 1 nitrogen and oxygen atoms in total. The molecule has 0 aromatic rings. The van der Waals surface area contributed by atoms with Gasteiger partial charge in [-0.1, -0.05) is 34.1 Å². The Morgan fingerprint density at radius 3 is 2.16 bits per heavy atom. The Kier molecular flexibility index (Phi) is 13.2. The summed E-state index contributed by atoms with van der Waals surface area (Å²) in [7, 11) is 0. The van der Waals surface area contributed by atoms with Crippen LogP contribution in [0.15, 0.2) is 48.2 Å². The molecule has 0 bridgehead atoms. The maximum Gasteiger partial charge on any atom is -0.0590 e. The molecular weight excluding hydrogens is 269 g/mol. The van der Waals surface area contributed by atoms with E-state index >= 15 is 0 Å². The first kappa shape index (κ1) is 20.5. The number of hydrogen-bond acceptors (Lipinski definition) is 1. The quantitative estimate of drug-likeness (QED) is 0.713. The van der Waals surface area contributed by atoms with Crippen LogP contribution in [0, 0.1) is 0 Å². The molecule has 1 fully saturated rings. The molecule has 1 saturated heterocycles. The van der Waals surface area contributed by atoms with Crippen molar-refractivity contribution in [2.24, 2.45) is 0 Å². The standard InChI is InChI=1S/C12H15N.C3H8.C2H6.V/c1-9(2)7-12-8-11(4)13-6-5-10(12)3;1-3-2;1-2;/h7,13H,1,3-5,8H2,2H3;3H2,1-2H3;1-2H3;/b12-7-;;;. The van der Waals surface area contributed by atoms with E-state index in [0.717, 1.165) is 34.0 Å². The third kappa shape index (κ3) is 10.8. The van der Waals surface area contributed by atoms with Crippen molar-refractivity contribution in [3.8, 4) is 0 Å². The van der Waals surface area contributed by atoms with Gasteiger partial charge in [0.1, 0.15) is 0 Å². The average Bonchev–Trinajstić information content (AvgIpc) is 2.41. The second-order valence-corrected chi connectivity index (χ2v) is 5.20. The molecule has 0 aliphatic carbocycles. The van der Waals surface area contributed by atoms with Crippen LogP contribution in [0.4, 0.5) is 0 Å². The van der Waals surface area contributed by atoms with Crippen LogP contribution in [0.25, 0.3) is 0 Å². The molecular formula is C17H29NV. The van der Waals surface area contributed by atoms with Crippen LogP contribution >= 0.6 is 0 Å². The molecule has 2 heteroatoms. The predicted molar refractivity (Wildman–Crippen MR) is 85.9 cm³/mol. The Labute approximate surface area is 129 Å². The molecule has 107 valence electrons. The van der Waals surface area contributed by atoms with Gasteiger partial charge in [0.05, 0.1) is 0 Å². The fourth-order valence-corrected chi connectivity index (χ4v) is 1.96. The second-order valence-electron chi connectivity index (χ2n) is 4.36. The van der Waals surface area contributed by atoms with Crippen LogP contribution in [0.5, 0.6) is 0 Å². The van der Waals surface area contributed by atoms with Gasteiger partial charge in [0.2, 0.25) is 0 Å². The molecule has 0 aromatic heterocycles. The molecule has 1 rings (SSSR count). The molecule has 0 unspecified atom stereocenters.